The summed E-state index contributed by atoms with van der Waals surface area (Å²) in [5, 5.41) is 17.4. The number of aliphatic imine (C=N–C) groups is 1. The van der Waals surface area contributed by atoms with Gasteiger partial charge in [0.05, 0.1) is 20.7 Å². The highest BCUT2D eigenvalue weighted by Gasteiger charge is 2.11. The Morgan fingerprint density at radius 3 is 2.68 bits per heavy atom. The minimum Gasteiger partial charge on any atom is -0.506 e. The highest BCUT2D eigenvalue weighted by molar-refractivity contribution is 9.11. The van der Waals surface area contributed by atoms with Gasteiger partial charge < -0.3 is 5.11 Å². The number of aromatic nitrogens is 2. The lowest BCUT2D eigenvalue weighted by atomic mass is 10.2. The number of benzene rings is 2. The molecule has 0 saturated heterocycles. The van der Waals surface area contributed by atoms with Crippen molar-refractivity contribution in [3.63, 3.8) is 0 Å². The van der Waals surface area contributed by atoms with Crippen LogP contribution >= 0.6 is 43.6 Å². The summed E-state index contributed by atoms with van der Waals surface area (Å²) >= 11 is 8.39. The van der Waals surface area contributed by atoms with E-state index >= 15 is 0 Å². The summed E-state index contributed by atoms with van der Waals surface area (Å²) in [5.74, 6) is 0.165. The first-order valence-corrected chi connectivity index (χ1v) is 9.86. The molecular weight excluding hydrogens is 466 g/mol. The summed E-state index contributed by atoms with van der Waals surface area (Å²) in [5.41, 5.74) is 3.48. The molecule has 0 spiro atoms. The molecule has 25 heavy (non-hydrogen) atoms. The van der Waals surface area contributed by atoms with E-state index in [-0.39, 0.29) is 5.75 Å². The summed E-state index contributed by atoms with van der Waals surface area (Å²) in [6, 6.07) is 11.5. The van der Waals surface area contributed by atoms with Crippen LogP contribution in [-0.4, -0.2) is 21.5 Å². The van der Waals surface area contributed by atoms with Gasteiger partial charge in [-0.2, -0.15) is 5.10 Å². The number of halogens is 2. The van der Waals surface area contributed by atoms with E-state index in [1.54, 1.807) is 24.0 Å². The van der Waals surface area contributed by atoms with Crippen LogP contribution in [0.1, 0.15) is 17.0 Å². The average Bonchev–Trinajstić information content (AvgIpc) is 2.90. The van der Waals surface area contributed by atoms with Crippen molar-refractivity contribution < 1.29 is 5.11 Å². The highest BCUT2D eigenvalue weighted by atomic mass is 79.9. The van der Waals surface area contributed by atoms with Gasteiger partial charge in [-0.25, -0.2) is 0 Å². The number of phenolic OH excluding ortho intramolecular Hbond substituents is 1. The van der Waals surface area contributed by atoms with Crippen molar-refractivity contribution in [1.29, 1.82) is 0 Å². The standard InChI is InChI=1S/C18H15Br2N3OS/c1-10-18(11(2)23-22-10)25-16-6-4-3-5-15(16)21-9-12-7-13(19)8-14(20)17(12)24/h3-9,24H,1-2H3,(H,22,23). The quantitative estimate of drug-likeness (QED) is 0.439. The van der Waals surface area contributed by atoms with Crippen LogP contribution in [0, 0.1) is 13.8 Å². The first-order valence-electron chi connectivity index (χ1n) is 7.46. The van der Waals surface area contributed by atoms with Crippen molar-refractivity contribution in [1.82, 2.24) is 10.2 Å². The van der Waals surface area contributed by atoms with E-state index in [1.807, 2.05) is 44.2 Å². The molecule has 4 nitrogen and oxygen atoms in total. The lowest BCUT2D eigenvalue weighted by Crippen LogP contribution is -1.85. The molecule has 1 heterocycles. The van der Waals surface area contributed by atoms with Crippen molar-refractivity contribution in [3.05, 3.63) is 62.3 Å². The maximum atomic E-state index is 10.2. The highest BCUT2D eigenvalue weighted by Crippen LogP contribution is 2.38. The van der Waals surface area contributed by atoms with Gasteiger partial charge in [0.25, 0.3) is 0 Å². The Kier molecular flexibility index (Phi) is 5.66. The van der Waals surface area contributed by atoms with E-state index in [2.05, 4.69) is 47.0 Å². The van der Waals surface area contributed by atoms with Crippen LogP contribution < -0.4 is 0 Å². The third-order valence-electron chi connectivity index (χ3n) is 3.54. The number of phenols is 1. The molecule has 0 bridgehead atoms. The molecule has 3 aromatic rings. The lowest BCUT2D eigenvalue weighted by molar-refractivity contribution is 0.471. The number of aryl methyl sites for hydroxylation is 2. The largest absolute Gasteiger partial charge is 0.506 e. The molecule has 1 aromatic heterocycles. The maximum absolute atomic E-state index is 10.2. The predicted molar refractivity (Wildman–Crippen MR) is 109 cm³/mol. The summed E-state index contributed by atoms with van der Waals surface area (Å²) in [7, 11) is 0. The van der Waals surface area contributed by atoms with Crippen LogP contribution in [0.15, 0.2) is 60.1 Å². The SMILES string of the molecule is Cc1n[nH]c(C)c1Sc1ccccc1N=Cc1cc(Br)cc(Br)c1O. The Labute approximate surface area is 167 Å². The van der Waals surface area contributed by atoms with E-state index in [1.165, 1.54) is 0 Å². The minimum atomic E-state index is 0.165. The Morgan fingerprint density at radius 2 is 1.96 bits per heavy atom. The maximum Gasteiger partial charge on any atom is 0.138 e. The molecule has 7 heteroatoms. The van der Waals surface area contributed by atoms with Gasteiger partial charge >= 0.3 is 0 Å². The van der Waals surface area contributed by atoms with Gasteiger partial charge in [0.1, 0.15) is 5.75 Å². The van der Waals surface area contributed by atoms with Crippen molar-refractivity contribution in [2.24, 2.45) is 4.99 Å². The topological polar surface area (TPSA) is 61.3 Å². The molecule has 0 unspecified atom stereocenters. The zero-order valence-electron chi connectivity index (χ0n) is 13.5. The summed E-state index contributed by atoms with van der Waals surface area (Å²) in [4.78, 5) is 6.72. The van der Waals surface area contributed by atoms with Crippen LogP contribution in [0.5, 0.6) is 5.75 Å². The zero-order chi connectivity index (χ0) is 18.0. The summed E-state index contributed by atoms with van der Waals surface area (Å²) < 4.78 is 1.49. The molecule has 0 aliphatic carbocycles. The second-order valence-corrected chi connectivity index (χ2v) is 8.24. The Balaban J connectivity index is 1.94. The molecule has 0 atom stereocenters. The van der Waals surface area contributed by atoms with Crippen LogP contribution in [-0.2, 0) is 0 Å². The predicted octanol–water partition coefficient (Wildman–Crippen LogP) is 6.16. The molecule has 0 fully saturated rings. The average molecular weight is 481 g/mol. The van der Waals surface area contributed by atoms with Crippen molar-refractivity contribution in [2.75, 3.05) is 0 Å². The van der Waals surface area contributed by atoms with E-state index in [9.17, 15) is 5.11 Å². The smallest absolute Gasteiger partial charge is 0.138 e. The summed E-state index contributed by atoms with van der Waals surface area (Å²) in [6.45, 7) is 3.99. The van der Waals surface area contributed by atoms with E-state index in [4.69, 9.17) is 0 Å². The number of hydrogen-bond acceptors (Lipinski definition) is 4. The second kappa shape index (κ2) is 7.76. The lowest BCUT2D eigenvalue weighted by Gasteiger charge is -2.06. The fourth-order valence-corrected chi connectivity index (χ4v) is 4.52. The van der Waals surface area contributed by atoms with Gasteiger partial charge in [-0.3, -0.25) is 10.1 Å². The molecule has 0 amide bonds. The Bertz CT molecular complexity index is 934. The molecule has 0 aliphatic heterocycles. The molecule has 3 rings (SSSR count). The molecular formula is C18H15Br2N3OS. The van der Waals surface area contributed by atoms with E-state index in [0.29, 0.717) is 10.0 Å². The monoisotopic (exact) mass is 479 g/mol. The van der Waals surface area contributed by atoms with E-state index in [0.717, 1.165) is 31.3 Å². The molecule has 2 N–H and O–H groups in total. The van der Waals surface area contributed by atoms with Crippen LogP contribution in [0.3, 0.4) is 0 Å². The first kappa shape index (κ1) is 18.2. The third-order valence-corrected chi connectivity index (χ3v) is 5.97. The number of para-hydroxylation sites is 1. The summed E-state index contributed by atoms with van der Waals surface area (Å²) in [6.07, 6.45) is 1.67. The van der Waals surface area contributed by atoms with Crippen molar-refractivity contribution >= 4 is 55.5 Å². The molecule has 128 valence electrons. The van der Waals surface area contributed by atoms with Gasteiger partial charge in [0.2, 0.25) is 0 Å². The van der Waals surface area contributed by atoms with Crippen LogP contribution in [0.25, 0.3) is 0 Å². The molecule has 0 saturated carbocycles. The van der Waals surface area contributed by atoms with Gasteiger partial charge in [-0.05, 0) is 54.0 Å². The van der Waals surface area contributed by atoms with Crippen LogP contribution in [0.2, 0.25) is 0 Å². The van der Waals surface area contributed by atoms with Gasteiger partial charge in [0, 0.05) is 26.8 Å². The third kappa shape index (κ3) is 4.16. The fraction of sp³-hybridized carbons (Fsp3) is 0.111. The first-order chi connectivity index (χ1) is 12.0. The number of hydrogen-bond donors (Lipinski definition) is 2. The van der Waals surface area contributed by atoms with Crippen molar-refractivity contribution in [2.45, 2.75) is 23.6 Å². The number of nitrogens with zero attached hydrogens (tertiary/aromatic N) is 2. The molecule has 0 radical (unpaired) electrons. The van der Waals surface area contributed by atoms with E-state index < -0.39 is 0 Å². The number of rotatable bonds is 4. The minimum absolute atomic E-state index is 0.165. The Hall–Kier alpha value is -1.57. The van der Waals surface area contributed by atoms with Gasteiger partial charge in [-0.15, -0.1) is 0 Å². The number of H-pyrrole nitrogens is 1. The zero-order valence-corrected chi connectivity index (χ0v) is 17.5. The second-order valence-electron chi connectivity index (χ2n) is 5.42. The Morgan fingerprint density at radius 1 is 1.20 bits per heavy atom. The number of aromatic amines is 1. The number of aromatic hydroxyl groups is 1. The molecule has 0 aliphatic rings. The fourth-order valence-electron chi connectivity index (χ4n) is 2.27. The number of nitrogens with one attached hydrogen (secondary N) is 1. The van der Waals surface area contributed by atoms with Crippen molar-refractivity contribution in [3.8, 4) is 5.75 Å². The normalized spacial score (nSPS) is 11.4. The van der Waals surface area contributed by atoms with Crippen LogP contribution in [0.4, 0.5) is 5.69 Å². The molecule has 2 aromatic carbocycles. The van der Waals surface area contributed by atoms with Gasteiger partial charge in [0.15, 0.2) is 0 Å². The van der Waals surface area contributed by atoms with Gasteiger partial charge in [-0.1, -0.05) is 39.8 Å².